The SMILES string of the molecule is COc1cc(C)nc(C)c1CC(C)=O. The van der Waals surface area contributed by atoms with Crippen molar-refractivity contribution in [2.24, 2.45) is 0 Å². The molecule has 0 unspecified atom stereocenters. The zero-order valence-electron chi connectivity index (χ0n) is 9.05. The Balaban J connectivity index is 3.18. The van der Waals surface area contributed by atoms with Crippen LogP contribution in [0.4, 0.5) is 0 Å². The fourth-order valence-electron chi connectivity index (χ4n) is 1.47. The maximum absolute atomic E-state index is 11.0. The third kappa shape index (κ3) is 2.31. The van der Waals surface area contributed by atoms with Gasteiger partial charge in [0.05, 0.1) is 7.11 Å². The lowest BCUT2D eigenvalue weighted by atomic mass is 10.1. The number of carbonyl (C=O) groups excluding carboxylic acids is 1. The molecule has 0 aliphatic heterocycles. The van der Waals surface area contributed by atoms with Crippen LogP contribution in [0.3, 0.4) is 0 Å². The van der Waals surface area contributed by atoms with E-state index in [2.05, 4.69) is 4.98 Å². The summed E-state index contributed by atoms with van der Waals surface area (Å²) in [5, 5.41) is 0. The second kappa shape index (κ2) is 4.22. The van der Waals surface area contributed by atoms with Gasteiger partial charge in [-0.15, -0.1) is 0 Å². The molecule has 1 rings (SSSR count). The predicted octanol–water partition coefficient (Wildman–Crippen LogP) is 1.84. The molecule has 0 fully saturated rings. The Labute approximate surface area is 84.1 Å². The Hall–Kier alpha value is -1.38. The van der Waals surface area contributed by atoms with Gasteiger partial charge in [0.1, 0.15) is 11.5 Å². The highest BCUT2D eigenvalue weighted by molar-refractivity contribution is 5.79. The molecule has 0 aliphatic rings. The number of hydrogen-bond donors (Lipinski definition) is 0. The number of nitrogens with zero attached hydrogens (tertiary/aromatic N) is 1. The summed E-state index contributed by atoms with van der Waals surface area (Å²) in [5.41, 5.74) is 2.68. The van der Waals surface area contributed by atoms with Crippen molar-refractivity contribution in [3.63, 3.8) is 0 Å². The van der Waals surface area contributed by atoms with Gasteiger partial charge in [-0.3, -0.25) is 9.78 Å². The Morgan fingerprint density at radius 3 is 2.64 bits per heavy atom. The van der Waals surface area contributed by atoms with Gasteiger partial charge in [-0.25, -0.2) is 0 Å². The quantitative estimate of drug-likeness (QED) is 0.735. The molecule has 1 heterocycles. The number of hydrogen-bond acceptors (Lipinski definition) is 3. The summed E-state index contributed by atoms with van der Waals surface area (Å²) in [7, 11) is 1.61. The maximum atomic E-state index is 11.0. The van der Waals surface area contributed by atoms with Gasteiger partial charge in [-0.05, 0) is 20.8 Å². The number of ketones is 1. The fourth-order valence-corrected chi connectivity index (χ4v) is 1.47. The zero-order valence-corrected chi connectivity index (χ0v) is 9.05. The molecule has 0 N–H and O–H groups in total. The summed E-state index contributed by atoms with van der Waals surface area (Å²) < 4.78 is 5.22. The summed E-state index contributed by atoms with van der Waals surface area (Å²) >= 11 is 0. The summed E-state index contributed by atoms with van der Waals surface area (Å²) in [6.07, 6.45) is 0.391. The minimum absolute atomic E-state index is 0.122. The topological polar surface area (TPSA) is 39.2 Å². The van der Waals surface area contributed by atoms with E-state index in [4.69, 9.17) is 4.74 Å². The molecule has 0 saturated carbocycles. The number of pyridine rings is 1. The van der Waals surface area contributed by atoms with Crippen LogP contribution in [-0.4, -0.2) is 17.9 Å². The van der Waals surface area contributed by atoms with Gasteiger partial charge in [-0.2, -0.15) is 0 Å². The normalized spacial score (nSPS) is 10.0. The molecular weight excluding hydrogens is 178 g/mol. The van der Waals surface area contributed by atoms with E-state index in [1.807, 2.05) is 19.9 Å². The molecule has 0 spiro atoms. The van der Waals surface area contributed by atoms with Crippen molar-refractivity contribution < 1.29 is 9.53 Å². The fraction of sp³-hybridized carbons (Fsp3) is 0.455. The molecule has 0 aromatic carbocycles. The average molecular weight is 193 g/mol. The molecule has 0 aliphatic carbocycles. The number of methoxy groups -OCH3 is 1. The van der Waals surface area contributed by atoms with E-state index in [0.717, 1.165) is 22.7 Å². The van der Waals surface area contributed by atoms with Gasteiger partial charge in [0.15, 0.2) is 0 Å². The maximum Gasteiger partial charge on any atom is 0.134 e. The largest absolute Gasteiger partial charge is 0.496 e. The minimum Gasteiger partial charge on any atom is -0.496 e. The van der Waals surface area contributed by atoms with Gasteiger partial charge in [0, 0.05) is 29.4 Å². The summed E-state index contributed by atoms with van der Waals surface area (Å²) in [4.78, 5) is 15.3. The Morgan fingerprint density at radius 2 is 2.14 bits per heavy atom. The van der Waals surface area contributed by atoms with E-state index in [9.17, 15) is 4.79 Å². The van der Waals surface area contributed by atoms with Crippen molar-refractivity contribution in [1.82, 2.24) is 4.98 Å². The number of aromatic nitrogens is 1. The monoisotopic (exact) mass is 193 g/mol. The molecule has 76 valence electrons. The molecule has 0 bridgehead atoms. The standard InChI is InChI=1S/C11H15NO2/c1-7-5-11(14-4)10(6-8(2)13)9(3)12-7/h5H,6H2,1-4H3. The number of aryl methyl sites for hydroxylation is 2. The summed E-state index contributed by atoms with van der Waals surface area (Å²) in [6.45, 7) is 5.37. The lowest BCUT2D eigenvalue weighted by Crippen LogP contribution is -2.04. The third-order valence-electron chi connectivity index (χ3n) is 2.06. The highest BCUT2D eigenvalue weighted by Crippen LogP contribution is 2.22. The second-order valence-corrected chi connectivity index (χ2v) is 3.41. The predicted molar refractivity (Wildman–Crippen MR) is 54.6 cm³/mol. The molecule has 1 aromatic rings. The average Bonchev–Trinajstić information content (AvgIpc) is 2.08. The van der Waals surface area contributed by atoms with Gasteiger partial charge < -0.3 is 4.74 Å². The lowest BCUT2D eigenvalue weighted by molar-refractivity contribution is -0.116. The van der Waals surface area contributed by atoms with E-state index in [-0.39, 0.29) is 5.78 Å². The molecule has 14 heavy (non-hydrogen) atoms. The number of ether oxygens (including phenoxy) is 1. The molecule has 0 atom stereocenters. The van der Waals surface area contributed by atoms with Crippen LogP contribution in [0.1, 0.15) is 23.9 Å². The molecular formula is C11H15NO2. The van der Waals surface area contributed by atoms with Gasteiger partial charge >= 0.3 is 0 Å². The number of carbonyl (C=O) groups is 1. The van der Waals surface area contributed by atoms with E-state index >= 15 is 0 Å². The van der Waals surface area contributed by atoms with Crippen LogP contribution in [0.15, 0.2) is 6.07 Å². The Morgan fingerprint density at radius 1 is 1.50 bits per heavy atom. The lowest BCUT2D eigenvalue weighted by Gasteiger charge is -2.10. The summed E-state index contributed by atoms with van der Waals surface area (Å²) in [5.74, 6) is 0.877. The van der Waals surface area contributed by atoms with Gasteiger partial charge in [0.25, 0.3) is 0 Å². The first-order valence-electron chi connectivity index (χ1n) is 4.55. The van der Waals surface area contributed by atoms with E-state index in [0.29, 0.717) is 6.42 Å². The second-order valence-electron chi connectivity index (χ2n) is 3.41. The van der Waals surface area contributed by atoms with Crippen molar-refractivity contribution >= 4 is 5.78 Å². The highest BCUT2D eigenvalue weighted by Gasteiger charge is 2.10. The summed E-state index contributed by atoms with van der Waals surface area (Å²) in [6, 6.07) is 1.85. The minimum atomic E-state index is 0.122. The van der Waals surface area contributed by atoms with Crippen LogP contribution in [0.5, 0.6) is 5.75 Å². The molecule has 0 amide bonds. The van der Waals surface area contributed by atoms with Gasteiger partial charge in [0.2, 0.25) is 0 Å². The van der Waals surface area contributed by atoms with Crippen LogP contribution in [0.2, 0.25) is 0 Å². The van der Waals surface area contributed by atoms with Crippen LogP contribution in [-0.2, 0) is 11.2 Å². The van der Waals surface area contributed by atoms with Crippen molar-refractivity contribution in [3.8, 4) is 5.75 Å². The van der Waals surface area contributed by atoms with Gasteiger partial charge in [-0.1, -0.05) is 0 Å². The van der Waals surface area contributed by atoms with Crippen LogP contribution in [0, 0.1) is 13.8 Å². The Bertz CT molecular complexity index is 359. The number of Topliss-reactive ketones (excluding diaryl/α,β-unsaturated/α-hetero) is 1. The molecule has 0 radical (unpaired) electrons. The van der Waals surface area contributed by atoms with Crippen molar-refractivity contribution in [3.05, 3.63) is 23.0 Å². The van der Waals surface area contributed by atoms with Crippen molar-refractivity contribution in [1.29, 1.82) is 0 Å². The molecule has 1 aromatic heterocycles. The van der Waals surface area contributed by atoms with Crippen molar-refractivity contribution in [2.45, 2.75) is 27.2 Å². The van der Waals surface area contributed by atoms with E-state index in [1.54, 1.807) is 14.0 Å². The molecule has 3 nitrogen and oxygen atoms in total. The zero-order chi connectivity index (χ0) is 10.7. The van der Waals surface area contributed by atoms with Crippen LogP contribution >= 0.6 is 0 Å². The van der Waals surface area contributed by atoms with E-state index in [1.165, 1.54) is 0 Å². The first kappa shape index (κ1) is 10.7. The van der Waals surface area contributed by atoms with E-state index < -0.39 is 0 Å². The number of rotatable bonds is 3. The van der Waals surface area contributed by atoms with Crippen LogP contribution in [0.25, 0.3) is 0 Å². The van der Waals surface area contributed by atoms with Crippen molar-refractivity contribution in [2.75, 3.05) is 7.11 Å². The highest BCUT2D eigenvalue weighted by atomic mass is 16.5. The smallest absolute Gasteiger partial charge is 0.134 e. The first-order valence-corrected chi connectivity index (χ1v) is 4.55. The Kier molecular flexibility index (Phi) is 3.23. The van der Waals surface area contributed by atoms with Crippen LogP contribution < -0.4 is 4.74 Å². The third-order valence-corrected chi connectivity index (χ3v) is 2.06. The molecule has 0 saturated heterocycles. The molecule has 3 heteroatoms. The first-order chi connectivity index (χ1) is 6.54.